The van der Waals surface area contributed by atoms with E-state index in [4.69, 9.17) is 69.6 Å². The zero-order valence-corrected chi connectivity index (χ0v) is 14.3. The highest BCUT2D eigenvalue weighted by molar-refractivity contribution is 6.56. The molecule has 0 saturated carbocycles. The van der Waals surface area contributed by atoms with Gasteiger partial charge in [0.1, 0.15) is 5.02 Å². The summed E-state index contributed by atoms with van der Waals surface area (Å²) in [6.45, 7) is 0. The molecule has 0 fully saturated rings. The number of hydrogen-bond acceptors (Lipinski definition) is 0. The second-order valence-electron chi connectivity index (χ2n) is 3.89. The maximum absolute atomic E-state index is 14.0. The Bertz CT molecular complexity index is 680. The fourth-order valence-electron chi connectivity index (χ4n) is 1.65. The van der Waals surface area contributed by atoms with Gasteiger partial charge in [0.25, 0.3) is 0 Å². The van der Waals surface area contributed by atoms with E-state index in [1.165, 1.54) is 0 Å². The fourth-order valence-corrected chi connectivity index (χ4v) is 3.14. The molecule has 0 nitrogen and oxygen atoms in total. The third-order valence-electron chi connectivity index (χ3n) is 2.67. The fraction of sp³-hybridized carbons (Fsp3) is 0. The Balaban J connectivity index is 3.03. The van der Waals surface area contributed by atoms with Crippen LogP contribution < -0.4 is 0 Å². The number of benzene rings is 2. The van der Waals surface area contributed by atoms with Crippen molar-refractivity contribution in [2.24, 2.45) is 0 Å². The summed E-state index contributed by atoms with van der Waals surface area (Å²) in [6, 6.07) is 0. The summed E-state index contributed by atoms with van der Waals surface area (Å²) in [4.78, 5) is 0. The van der Waals surface area contributed by atoms with Crippen LogP contribution in [0.15, 0.2) is 0 Å². The Morgan fingerprint density at radius 1 is 0.364 bits per heavy atom. The van der Waals surface area contributed by atoms with Crippen molar-refractivity contribution in [3.05, 3.63) is 53.4 Å². The third-order valence-corrected chi connectivity index (χ3v) is 5.28. The van der Waals surface area contributed by atoms with Gasteiger partial charge in [0.05, 0.1) is 30.7 Å². The highest BCUT2D eigenvalue weighted by atomic mass is 35.5. The number of hydrogen-bond donors (Lipinski definition) is 0. The summed E-state index contributed by atoms with van der Waals surface area (Å²) < 4.78 is 55.2. The summed E-state index contributed by atoms with van der Waals surface area (Å²) in [5, 5.41) is -3.46. The van der Waals surface area contributed by atoms with E-state index in [9.17, 15) is 17.6 Å². The van der Waals surface area contributed by atoms with Crippen LogP contribution in [0.3, 0.4) is 0 Å². The molecule has 2 aromatic carbocycles. The average molecular weight is 433 g/mol. The molecule has 0 spiro atoms. The van der Waals surface area contributed by atoms with Crippen LogP contribution in [-0.4, -0.2) is 0 Å². The molecule has 0 aliphatic carbocycles. The first-order chi connectivity index (χ1) is 10.1. The molecule has 0 aliphatic rings. The smallest absolute Gasteiger partial charge is 0.181 e. The van der Waals surface area contributed by atoms with Gasteiger partial charge in [-0.05, 0) is 0 Å². The Morgan fingerprint density at radius 3 is 1.05 bits per heavy atom. The van der Waals surface area contributed by atoms with Crippen LogP contribution >= 0.6 is 69.6 Å². The molecule has 0 heterocycles. The van der Waals surface area contributed by atoms with Gasteiger partial charge in [-0.25, -0.2) is 17.6 Å². The van der Waals surface area contributed by atoms with Crippen molar-refractivity contribution >= 4 is 69.6 Å². The van der Waals surface area contributed by atoms with Crippen molar-refractivity contribution in [3.63, 3.8) is 0 Å². The number of rotatable bonds is 1. The molecule has 0 N–H and O–H groups in total. The summed E-state index contributed by atoms with van der Waals surface area (Å²) in [5.74, 6) is -7.24. The Hall–Kier alpha value is -0.100. The highest BCUT2D eigenvalue weighted by Gasteiger charge is 2.30. The van der Waals surface area contributed by atoms with Crippen molar-refractivity contribution < 1.29 is 17.6 Å². The van der Waals surface area contributed by atoms with Crippen LogP contribution in [0.25, 0.3) is 11.1 Å². The van der Waals surface area contributed by atoms with E-state index in [0.29, 0.717) is 0 Å². The molecule has 0 aromatic heterocycles. The summed E-state index contributed by atoms with van der Waals surface area (Å²) in [7, 11) is 0. The minimum Gasteiger partial charge on any atom is -0.203 e. The molecule has 0 aliphatic heterocycles. The second kappa shape index (κ2) is 6.42. The number of halogens is 10. The summed E-state index contributed by atoms with van der Waals surface area (Å²) in [6.07, 6.45) is 0. The molecule has 0 atom stereocenters. The van der Waals surface area contributed by atoms with Gasteiger partial charge in [-0.15, -0.1) is 0 Å². The largest absolute Gasteiger partial charge is 0.203 e. The van der Waals surface area contributed by atoms with E-state index in [0.717, 1.165) is 0 Å². The molecule has 0 saturated heterocycles. The van der Waals surface area contributed by atoms with E-state index in [1.54, 1.807) is 0 Å². The molecule has 2 rings (SSSR count). The predicted octanol–water partition coefficient (Wildman–Crippen LogP) is 7.83. The van der Waals surface area contributed by atoms with E-state index in [1.807, 2.05) is 0 Å². The zero-order valence-electron chi connectivity index (χ0n) is 9.78. The van der Waals surface area contributed by atoms with Crippen LogP contribution in [-0.2, 0) is 0 Å². The maximum atomic E-state index is 14.0. The van der Waals surface area contributed by atoms with Gasteiger partial charge in [0, 0.05) is 5.56 Å². The maximum Gasteiger partial charge on any atom is 0.181 e. The second-order valence-corrected chi connectivity index (χ2v) is 6.16. The predicted molar refractivity (Wildman–Crippen MR) is 81.8 cm³/mol. The summed E-state index contributed by atoms with van der Waals surface area (Å²) >= 11 is 34.0. The summed E-state index contributed by atoms with van der Waals surface area (Å²) in [5.41, 5.74) is -1.85. The van der Waals surface area contributed by atoms with Crippen LogP contribution in [0.5, 0.6) is 0 Å². The Morgan fingerprint density at radius 2 is 0.682 bits per heavy atom. The lowest BCUT2D eigenvalue weighted by molar-refractivity contribution is 0.459. The van der Waals surface area contributed by atoms with Crippen molar-refractivity contribution in [2.75, 3.05) is 0 Å². The van der Waals surface area contributed by atoms with E-state index in [-0.39, 0.29) is 15.1 Å². The molecular weight excluding hydrogens is 433 g/mol. The molecule has 0 radical (unpaired) electrons. The van der Waals surface area contributed by atoms with Crippen LogP contribution in [0, 0.1) is 23.3 Å². The molecule has 0 amide bonds. The van der Waals surface area contributed by atoms with E-state index >= 15 is 0 Å². The SMILES string of the molecule is Fc1c(F)c(-c2c(Cl)c(Cl)c(Cl)c(Cl)c2Cl)c(F)c(F)c1Cl. The first-order valence-electron chi connectivity index (χ1n) is 5.14. The molecule has 10 heteroatoms. The Labute approximate surface area is 151 Å². The lowest BCUT2D eigenvalue weighted by atomic mass is 10.0. The normalized spacial score (nSPS) is 11.2. The zero-order chi connectivity index (χ0) is 16.9. The lowest BCUT2D eigenvalue weighted by Crippen LogP contribution is -2.02. The van der Waals surface area contributed by atoms with E-state index < -0.39 is 49.5 Å². The monoisotopic (exact) mass is 430 g/mol. The molecule has 118 valence electrons. The van der Waals surface area contributed by atoms with E-state index in [2.05, 4.69) is 0 Å². The first kappa shape index (κ1) is 18.2. The first-order valence-corrected chi connectivity index (χ1v) is 7.41. The molecule has 22 heavy (non-hydrogen) atoms. The molecule has 0 unspecified atom stereocenters. The van der Waals surface area contributed by atoms with Gasteiger partial charge in [0.15, 0.2) is 23.3 Å². The standard InChI is InChI=1S/C12Cl6F4/c13-3-1(4(14)6(16)7(17)5(3)15)2-9(19)11(21)8(18)12(22)10(2)20. The average Bonchev–Trinajstić information content (AvgIpc) is 2.50. The van der Waals surface area contributed by atoms with Crippen molar-refractivity contribution in [1.29, 1.82) is 0 Å². The van der Waals surface area contributed by atoms with Crippen LogP contribution in [0.4, 0.5) is 17.6 Å². The van der Waals surface area contributed by atoms with Crippen LogP contribution in [0.1, 0.15) is 0 Å². The quantitative estimate of drug-likeness (QED) is 0.245. The topological polar surface area (TPSA) is 0 Å². The minimum absolute atomic E-state index is 0.280. The van der Waals surface area contributed by atoms with Gasteiger partial charge in [-0.2, -0.15) is 0 Å². The minimum atomic E-state index is -1.81. The molecular formula is C12Cl6F4. The van der Waals surface area contributed by atoms with Crippen molar-refractivity contribution in [1.82, 2.24) is 0 Å². The van der Waals surface area contributed by atoms with Gasteiger partial charge in [0.2, 0.25) is 0 Å². The van der Waals surface area contributed by atoms with Gasteiger partial charge in [-0.3, -0.25) is 0 Å². The Kier molecular flexibility index (Phi) is 5.32. The van der Waals surface area contributed by atoms with Gasteiger partial charge < -0.3 is 0 Å². The third kappa shape index (κ3) is 2.64. The van der Waals surface area contributed by atoms with Gasteiger partial charge in [-0.1, -0.05) is 69.6 Å². The van der Waals surface area contributed by atoms with Crippen molar-refractivity contribution in [3.8, 4) is 11.1 Å². The van der Waals surface area contributed by atoms with Gasteiger partial charge >= 0.3 is 0 Å². The lowest BCUT2D eigenvalue weighted by Gasteiger charge is -2.15. The molecule has 0 bridgehead atoms. The van der Waals surface area contributed by atoms with Crippen LogP contribution in [0.2, 0.25) is 30.1 Å². The highest BCUT2D eigenvalue weighted by Crippen LogP contribution is 2.50. The molecule has 2 aromatic rings. The van der Waals surface area contributed by atoms with Crippen molar-refractivity contribution in [2.45, 2.75) is 0 Å².